The monoisotopic (exact) mass is 189 g/mol. The summed E-state index contributed by atoms with van der Waals surface area (Å²) in [6.07, 6.45) is 1.19. The summed E-state index contributed by atoms with van der Waals surface area (Å²) in [7, 11) is 0. The molecule has 3 nitrogen and oxygen atoms in total. The number of rotatable bonds is 2. The maximum absolute atomic E-state index is 11.0. The average Bonchev–Trinajstić information content (AvgIpc) is 2.06. The van der Waals surface area contributed by atoms with Crippen LogP contribution in [0.25, 0.3) is 0 Å². The van der Waals surface area contributed by atoms with Gasteiger partial charge in [-0.3, -0.25) is 4.79 Å². The van der Waals surface area contributed by atoms with Crippen molar-refractivity contribution in [2.24, 2.45) is 0 Å². The van der Waals surface area contributed by atoms with E-state index in [1.54, 1.807) is 0 Å². The van der Waals surface area contributed by atoms with Crippen molar-refractivity contribution in [1.82, 2.24) is 5.32 Å². The Bertz CT molecular complexity index is 155. The zero-order valence-corrected chi connectivity index (χ0v) is 8.06. The van der Waals surface area contributed by atoms with Gasteiger partial charge < -0.3 is 10.4 Å². The zero-order chi connectivity index (χ0) is 8.97. The van der Waals surface area contributed by atoms with Crippen LogP contribution in [0.1, 0.15) is 19.8 Å². The first-order chi connectivity index (χ1) is 5.70. The van der Waals surface area contributed by atoms with Crippen LogP contribution in [0.3, 0.4) is 0 Å². The predicted octanol–water partition coefficient (Wildman–Crippen LogP) is 0.379. The summed E-state index contributed by atoms with van der Waals surface area (Å²) >= 11 is 1.92. The highest BCUT2D eigenvalue weighted by Gasteiger charge is 2.17. The lowest BCUT2D eigenvalue weighted by Crippen LogP contribution is -2.41. The third kappa shape index (κ3) is 3.03. The van der Waals surface area contributed by atoms with E-state index in [2.05, 4.69) is 5.32 Å². The van der Waals surface area contributed by atoms with Crippen LogP contribution >= 0.6 is 11.8 Å². The van der Waals surface area contributed by atoms with E-state index in [9.17, 15) is 4.79 Å². The van der Waals surface area contributed by atoms with E-state index in [4.69, 9.17) is 5.11 Å². The molecule has 0 unspecified atom stereocenters. The summed E-state index contributed by atoms with van der Waals surface area (Å²) < 4.78 is 0. The maximum atomic E-state index is 11.0. The first kappa shape index (κ1) is 9.86. The standard InChI is InChI=1S/C8H15NO2S/c1-6(10)8(11)9-7-2-4-12-5-3-7/h6-7,10H,2-5H2,1H3,(H,9,11)/t6-/m0/s1. The molecule has 0 radical (unpaired) electrons. The van der Waals surface area contributed by atoms with Gasteiger partial charge in [0.15, 0.2) is 0 Å². The number of thioether (sulfide) groups is 1. The lowest BCUT2D eigenvalue weighted by atomic mass is 10.1. The minimum Gasteiger partial charge on any atom is -0.384 e. The molecule has 4 heteroatoms. The Morgan fingerprint density at radius 3 is 2.67 bits per heavy atom. The molecule has 0 spiro atoms. The van der Waals surface area contributed by atoms with Crippen molar-refractivity contribution in [3.63, 3.8) is 0 Å². The SMILES string of the molecule is C[C@H](O)C(=O)NC1CCSCC1. The molecule has 2 N–H and O–H groups in total. The third-order valence-corrected chi connectivity index (χ3v) is 3.00. The van der Waals surface area contributed by atoms with Gasteiger partial charge in [0.2, 0.25) is 5.91 Å². The second kappa shape index (κ2) is 4.72. The molecule has 1 aliphatic heterocycles. The lowest BCUT2D eigenvalue weighted by Gasteiger charge is -2.23. The molecular weight excluding hydrogens is 174 g/mol. The number of carbonyl (C=O) groups is 1. The molecule has 1 fully saturated rings. The van der Waals surface area contributed by atoms with Crippen LogP contribution < -0.4 is 5.32 Å². The fraction of sp³-hybridized carbons (Fsp3) is 0.875. The van der Waals surface area contributed by atoms with E-state index in [1.165, 1.54) is 6.92 Å². The predicted molar refractivity (Wildman–Crippen MR) is 50.2 cm³/mol. The average molecular weight is 189 g/mol. The topological polar surface area (TPSA) is 49.3 Å². The van der Waals surface area contributed by atoms with Gasteiger partial charge >= 0.3 is 0 Å². The van der Waals surface area contributed by atoms with Crippen molar-refractivity contribution in [2.75, 3.05) is 11.5 Å². The van der Waals surface area contributed by atoms with Gasteiger partial charge in [-0.25, -0.2) is 0 Å². The quantitative estimate of drug-likeness (QED) is 0.660. The molecule has 1 rings (SSSR count). The van der Waals surface area contributed by atoms with E-state index in [0.29, 0.717) is 0 Å². The summed E-state index contributed by atoms with van der Waals surface area (Å²) in [6, 6.07) is 0.286. The van der Waals surface area contributed by atoms with Gasteiger partial charge in [-0.05, 0) is 31.3 Å². The van der Waals surface area contributed by atoms with E-state index in [1.807, 2.05) is 11.8 Å². The van der Waals surface area contributed by atoms with E-state index >= 15 is 0 Å². The molecule has 0 aromatic rings. The molecule has 0 aromatic heterocycles. The van der Waals surface area contributed by atoms with Crippen LogP contribution in [-0.2, 0) is 4.79 Å². The van der Waals surface area contributed by atoms with Crippen molar-refractivity contribution in [2.45, 2.75) is 31.9 Å². The van der Waals surface area contributed by atoms with Gasteiger partial charge in [0.1, 0.15) is 6.10 Å². The van der Waals surface area contributed by atoms with Crippen LogP contribution in [0, 0.1) is 0 Å². The summed E-state index contributed by atoms with van der Waals surface area (Å²) in [6.45, 7) is 1.49. The largest absolute Gasteiger partial charge is 0.384 e. The van der Waals surface area contributed by atoms with Crippen molar-refractivity contribution >= 4 is 17.7 Å². The molecule has 0 bridgehead atoms. The molecule has 1 atom stereocenters. The van der Waals surface area contributed by atoms with Crippen molar-refractivity contribution in [3.05, 3.63) is 0 Å². The van der Waals surface area contributed by atoms with Crippen LogP contribution in [0.2, 0.25) is 0 Å². The third-order valence-electron chi connectivity index (χ3n) is 1.95. The molecule has 0 saturated carbocycles. The van der Waals surface area contributed by atoms with Gasteiger partial charge in [-0.2, -0.15) is 11.8 Å². The van der Waals surface area contributed by atoms with Gasteiger partial charge in [-0.15, -0.1) is 0 Å². The lowest BCUT2D eigenvalue weighted by molar-refractivity contribution is -0.129. The highest BCUT2D eigenvalue weighted by Crippen LogP contribution is 2.16. The second-order valence-electron chi connectivity index (χ2n) is 3.07. The molecule has 1 saturated heterocycles. The minimum atomic E-state index is -0.875. The molecular formula is C8H15NO2S. The summed E-state index contributed by atoms with van der Waals surface area (Å²) in [4.78, 5) is 11.0. The Morgan fingerprint density at radius 2 is 2.17 bits per heavy atom. The number of aliphatic hydroxyl groups is 1. The molecule has 70 valence electrons. The van der Waals surface area contributed by atoms with Gasteiger partial charge in [-0.1, -0.05) is 0 Å². The van der Waals surface area contributed by atoms with E-state index < -0.39 is 6.10 Å². The summed E-state index contributed by atoms with van der Waals surface area (Å²) in [5.74, 6) is 1.99. The Balaban J connectivity index is 2.24. The van der Waals surface area contributed by atoms with Gasteiger partial charge in [0.25, 0.3) is 0 Å². The number of hydrogen-bond donors (Lipinski definition) is 2. The van der Waals surface area contributed by atoms with Crippen molar-refractivity contribution in [3.8, 4) is 0 Å². The normalized spacial score (nSPS) is 21.8. The molecule has 1 aliphatic rings. The van der Waals surface area contributed by atoms with Crippen LogP contribution in [0.4, 0.5) is 0 Å². The van der Waals surface area contributed by atoms with E-state index in [0.717, 1.165) is 24.3 Å². The minimum absolute atomic E-state index is 0.244. The number of aliphatic hydroxyl groups excluding tert-OH is 1. The van der Waals surface area contributed by atoms with Crippen LogP contribution in [0.5, 0.6) is 0 Å². The van der Waals surface area contributed by atoms with Gasteiger partial charge in [0.05, 0.1) is 0 Å². The summed E-state index contributed by atoms with van der Waals surface area (Å²) in [5.41, 5.74) is 0. The first-order valence-corrected chi connectivity index (χ1v) is 5.42. The Hall–Kier alpha value is -0.220. The fourth-order valence-corrected chi connectivity index (χ4v) is 2.27. The Labute approximate surface area is 76.9 Å². The van der Waals surface area contributed by atoms with E-state index in [-0.39, 0.29) is 11.9 Å². The molecule has 1 heterocycles. The maximum Gasteiger partial charge on any atom is 0.248 e. The number of amides is 1. The Kier molecular flexibility index (Phi) is 3.88. The summed E-state index contributed by atoms with van der Waals surface area (Å²) in [5, 5.41) is 11.8. The molecule has 12 heavy (non-hydrogen) atoms. The first-order valence-electron chi connectivity index (χ1n) is 4.26. The number of nitrogens with one attached hydrogen (secondary N) is 1. The van der Waals surface area contributed by atoms with Gasteiger partial charge in [0, 0.05) is 6.04 Å². The molecule has 1 amide bonds. The Morgan fingerprint density at radius 1 is 1.58 bits per heavy atom. The second-order valence-corrected chi connectivity index (χ2v) is 4.30. The smallest absolute Gasteiger partial charge is 0.248 e. The van der Waals surface area contributed by atoms with Crippen molar-refractivity contribution < 1.29 is 9.90 Å². The van der Waals surface area contributed by atoms with Crippen LogP contribution in [0.15, 0.2) is 0 Å². The van der Waals surface area contributed by atoms with Crippen molar-refractivity contribution in [1.29, 1.82) is 0 Å². The highest BCUT2D eigenvalue weighted by atomic mass is 32.2. The zero-order valence-electron chi connectivity index (χ0n) is 7.25. The number of carbonyl (C=O) groups excluding carboxylic acids is 1. The fourth-order valence-electron chi connectivity index (χ4n) is 1.16. The van der Waals surface area contributed by atoms with Crippen LogP contribution in [-0.4, -0.2) is 34.7 Å². The number of hydrogen-bond acceptors (Lipinski definition) is 3. The molecule has 0 aliphatic carbocycles. The molecule has 0 aromatic carbocycles. The highest BCUT2D eigenvalue weighted by molar-refractivity contribution is 7.99.